The van der Waals surface area contributed by atoms with Gasteiger partial charge < -0.3 is 4.57 Å². The van der Waals surface area contributed by atoms with Gasteiger partial charge in [-0.15, -0.1) is 0 Å². The molecule has 1 heterocycles. The Morgan fingerprint density at radius 2 is 1.58 bits per heavy atom. The average molecular weight is 549 g/mol. The predicted molar refractivity (Wildman–Crippen MR) is 153 cm³/mol. The van der Waals surface area contributed by atoms with Gasteiger partial charge in [-0.3, -0.25) is 9.10 Å². The van der Waals surface area contributed by atoms with Crippen molar-refractivity contribution in [3.63, 3.8) is 0 Å². The van der Waals surface area contributed by atoms with Crippen LogP contribution in [0, 0.1) is 27.7 Å². The number of halogens is 1. The molecule has 0 saturated carbocycles. The van der Waals surface area contributed by atoms with Gasteiger partial charge >= 0.3 is 0 Å². The minimum absolute atomic E-state index is 0.0742. The van der Waals surface area contributed by atoms with Crippen LogP contribution in [0.5, 0.6) is 0 Å². The molecule has 4 rings (SSSR count). The summed E-state index contributed by atoms with van der Waals surface area (Å²) < 4.78 is 30.0. The number of amides is 1. The molecule has 9 heteroatoms. The van der Waals surface area contributed by atoms with E-state index >= 15 is 0 Å². The molecule has 0 aliphatic carbocycles. The number of nitrogens with one attached hydrogen (secondary N) is 1. The lowest BCUT2D eigenvalue weighted by Crippen LogP contribution is -2.39. The highest BCUT2D eigenvalue weighted by molar-refractivity contribution is 7.92. The molecular formula is C29H29ClN4O3S. The molecule has 38 heavy (non-hydrogen) atoms. The number of aryl methyl sites for hydroxylation is 3. The van der Waals surface area contributed by atoms with Crippen molar-refractivity contribution < 1.29 is 13.2 Å². The van der Waals surface area contributed by atoms with E-state index in [0.717, 1.165) is 38.1 Å². The van der Waals surface area contributed by atoms with Crippen LogP contribution in [-0.4, -0.2) is 31.7 Å². The Bertz CT molecular complexity index is 1570. The van der Waals surface area contributed by atoms with Crippen LogP contribution in [0.1, 0.15) is 28.1 Å². The van der Waals surface area contributed by atoms with Crippen molar-refractivity contribution in [2.45, 2.75) is 32.6 Å². The zero-order valence-electron chi connectivity index (χ0n) is 21.6. The van der Waals surface area contributed by atoms with E-state index < -0.39 is 22.5 Å². The van der Waals surface area contributed by atoms with Crippen molar-refractivity contribution in [2.75, 3.05) is 10.8 Å². The molecule has 0 spiro atoms. The van der Waals surface area contributed by atoms with E-state index in [4.69, 9.17) is 11.6 Å². The Morgan fingerprint density at radius 1 is 0.947 bits per heavy atom. The third-order valence-corrected chi connectivity index (χ3v) is 8.30. The SMILES string of the molecule is Cc1cccc(C)c1-n1c(C)cc(/C=N/NC(=O)CN(c2ccc(Cl)cc2)S(=O)(=O)c2ccccc2)c1C. The molecule has 0 bridgehead atoms. The number of carbonyl (C=O) groups is 1. The van der Waals surface area contributed by atoms with Crippen LogP contribution < -0.4 is 9.73 Å². The molecule has 1 N–H and O–H groups in total. The normalized spacial score (nSPS) is 11.6. The van der Waals surface area contributed by atoms with Gasteiger partial charge in [-0.25, -0.2) is 13.8 Å². The largest absolute Gasteiger partial charge is 0.317 e. The summed E-state index contributed by atoms with van der Waals surface area (Å²) in [5, 5.41) is 4.59. The standard InChI is InChI=1S/C29H29ClN4O3S/c1-20-9-8-10-21(2)29(20)34-22(3)17-24(23(34)4)18-31-32-28(35)19-33(26-15-13-25(30)14-16-26)38(36,37)27-11-6-5-7-12-27/h5-18H,19H2,1-4H3,(H,32,35)/b31-18+. The fourth-order valence-corrected chi connectivity index (χ4v) is 5.97. The maximum Gasteiger partial charge on any atom is 0.264 e. The summed E-state index contributed by atoms with van der Waals surface area (Å²) in [7, 11) is -4.01. The summed E-state index contributed by atoms with van der Waals surface area (Å²) in [6, 6.07) is 22.4. The van der Waals surface area contributed by atoms with Crippen LogP contribution >= 0.6 is 11.6 Å². The molecule has 1 aromatic heterocycles. The minimum atomic E-state index is -4.01. The lowest BCUT2D eigenvalue weighted by atomic mass is 10.1. The number of sulfonamides is 1. The number of para-hydroxylation sites is 1. The van der Waals surface area contributed by atoms with Crippen LogP contribution in [0.15, 0.2) is 88.9 Å². The van der Waals surface area contributed by atoms with Crippen molar-refractivity contribution in [1.29, 1.82) is 0 Å². The highest BCUT2D eigenvalue weighted by Crippen LogP contribution is 2.26. The Kier molecular flexibility index (Phi) is 8.04. The third kappa shape index (κ3) is 5.66. The highest BCUT2D eigenvalue weighted by atomic mass is 35.5. The monoisotopic (exact) mass is 548 g/mol. The van der Waals surface area contributed by atoms with E-state index in [1.807, 2.05) is 26.0 Å². The van der Waals surface area contributed by atoms with Crippen molar-refractivity contribution in [2.24, 2.45) is 5.10 Å². The lowest BCUT2D eigenvalue weighted by Gasteiger charge is -2.23. The van der Waals surface area contributed by atoms with Gasteiger partial charge in [0.05, 0.1) is 22.5 Å². The molecule has 0 unspecified atom stereocenters. The number of benzene rings is 3. The molecule has 0 saturated heterocycles. The molecule has 196 valence electrons. The molecular weight excluding hydrogens is 520 g/mol. The second-order valence-corrected chi connectivity index (χ2v) is 11.3. The highest BCUT2D eigenvalue weighted by Gasteiger charge is 2.27. The topological polar surface area (TPSA) is 83.8 Å². The van der Waals surface area contributed by atoms with Gasteiger partial charge in [0, 0.05) is 22.0 Å². The Labute approximate surface area is 228 Å². The second-order valence-electron chi connectivity index (χ2n) is 9.00. The van der Waals surface area contributed by atoms with Gasteiger partial charge in [0.15, 0.2) is 0 Å². The first kappa shape index (κ1) is 27.2. The Hall–Kier alpha value is -3.88. The van der Waals surface area contributed by atoms with E-state index in [1.54, 1.807) is 48.7 Å². The number of hydrogen-bond donors (Lipinski definition) is 1. The van der Waals surface area contributed by atoms with Crippen LogP contribution in [0.2, 0.25) is 5.02 Å². The number of hydrazone groups is 1. The molecule has 0 aliphatic heterocycles. The minimum Gasteiger partial charge on any atom is -0.317 e. The maximum atomic E-state index is 13.4. The predicted octanol–water partition coefficient (Wildman–Crippen LogP) is 5.71. The first-order valence-electron chi connectivity index (χ1n) is 12.0. The lowest BCUT2D eigenvalue weighted by molar-refractivity contribution is -0.119. The molecule has 1 amide bonds. The third-order valence-electron chi connectivity index (χ3n) is 6.26. The van der Waals surface area contributed by atoms with Crippen molar-refractivity contribution in [3.05, 3.63) is 112 Å². The fraction of sp³-hybridized carbons (Fsp3) is 0.172. The van der Waals surface area contributed by atoms with Crippen LogP contribution in [-0.2, 0) is 14.8 Å². The maximum absolute atomic E-state index is 13.4. The number of rotatable bonds is 8. The zero-order chi connectivity index (χ0) is 27.4. The van der Waals surface area contributed by atoms with E-state index in [9.17, 15) is 13.2 Å². The van der Waals surface area contributed by atoms with Gasteiger partial charge in [0.1, 0.15) is 6.54 Å². The first-order valence-corrected chi connectivity index (χ1v) is 13.8. The van der Waals surface area contributed by atoms with Gasteiger partial charge in [0.2, 0.25) is 0 Å². The van der Waals surface area contributed by atoms with E-state index in [2.05, 4.69) is 41.1 Å². The second kappa shape index (κ2) is 11.2. The van der Waals surface area contributed by atoms with E-state index in [0.29, 0.717) is 10.7 Å². The summed E-state index contributed by atoms with van der Waals surface area (Å²) >= 11 is 5.99. The van der Waals surface area contributed by atoms with E-state index in [1.165, 1.54) is 12.1 Å². The fourth-order valence-electron chi connectivity index (χ4n) is 4.40. The van der Waals surface area contributed by atoms with Crippen molar-refractivity contribution >= 4 is 39.4 Å². The number of anilines is 1. The van der Waals surface area contributed by atoms with Gasteiger partial charge in [-0.1, -0.05) is 48.0 Å². The number of aromatic nitrogens is 1. The summed E-state index contributed by atoms with van der Waals surface area (Å²) in [5.41, 5.74) is 9.09. The number of nitrogens with zero attached hydrogens (tertiary/aromatic N) is 3. The van der Waals surface area contributed by atoms with Gasteiger partial charge in [-0.05, 0) is 81.3 Å². The molecule has 0 fully saturated rings. The van der Waals surface area contributed by atoms with Gasteiger partial charge in [0.25, 0.3) is 15.9 Å². The Balaban J connectivity index is 1.56. The molecule has 3 aromatic carbocycles. The molecule has 0 radical (unpaired) electrons. The first-order chi connectivity index (χ1) is 18.1. The molecule has 4 aromatic rings. The van der Waals surface area contributed by atoms with Crippen LogP contribution in [0.3, 0.4) is 0 Å². The quantitative estimate of drug-likeness (QED) is 0.226. The van der Waals surface area contributed by atoms with Crippen molar-refractivity contribution in [1.82, 2.24) is 9.99 Å². The molecule has 0 atom stereocenters. The van der Waals surface area contributed by atoms with Crippen LogP contribution in [0.25, 0.3) is 5.69 Å². The zero-order valence-corrected chi connectivity index (χ0v) is 23.2. The average Bonchev–Trinajstić information content (AvgIpc) is 3.16. The smallest absolute Gasteiger partial charge is 0.264 e. The molecule has 7 nitrogen and oxygen atoms in total. The summed E-state index contributed by atoms with van der Waals surface area (Å²) in [5.74, 6) is -0.584. The van der Waals surface area contributed by atoms with Crippen LogP contribution in [0.4, 0.5) is 5.69 Å². The molecule has 0 aliphatic rings. The summed E-state index contributed by atoms with van der Waals surface area (Å²) in [6.07, 6.45) is 1.57. The van der Waals surface area contributed by atoms with Gasteiger partial charge in [-0.2, -0.15) is 5.10 Å². The van der Waals surface area contributed by atoms with E-state index in [-0.39, 0.29) is 4.90 Å². The Morgan fingerprint density at radius 3 is 2.21 bits per heavy atom. The summed E-state index contributed by atoms with van der Waals surface area (Å²) in [4.78, 5) is 12.9. The number of hydrogen-bond acceptors (Lipinski definition) is 4. The summed E-state index contributed by atoms with van der Waals surface area (Å²) in [6.45, 7) is 7.71. The van der Waals surface area contributed by atoms with Crippen molar-refractivity contribution in [3.8, 4) is 5.69 Å². The number of carbonyl (C=O) groups excluding carboxylic acids is 1.